The molecule has 0 aromatic rings. The smallest absolute Gasteiger partial charge is 0.328 e. The van der Waals surface area contributed by atoms with E-state index < -0.39 is 5.97 Å². The summed E-state index contributed by atoms with van der Waals surface area (Å²) in [6, 6.07) is 0.628. The summed E-state index contributed by atoms with van der Waals surface area (Å²) in [5.41, 5.74) is 0. The summed E-state index contributed by atoms with van der Waals surface area (Å²) in [4.78, 5) is 12.4. The van der Waals surface area contributed by atoms with Gasteiger partial charge in [-0.3, -0.25) is 4.90 Å². The summed E-state index contributed by atoms with van der Waals surface area (Å²) in [6.45, 7) is 0.734. The average molecular weight is 201 g/mol. The molecule has 0 bridgehead atoms. The monoisotopic (exact) mass is 201 g/mol. The molecular weight excluding hydrogens is 186 g/mol. The van der Waals surface area contributed by atoms with Gasteiger partial charge in [-0.2, -0.15) is 11.8 Å². The van der Waals surface area contributed by atoms with E-state index in [2.05, 4.69) is 4.90 Å². The lowest BCUT2D eigenvalue weighted by molar-refractivity contribution is -0.131. The Morgan fingerprint density at radius 3 is 3.08 bits per heavy atom. The van der Waals surface area contributed by atoms with Gasteiger partial charge in [0, 0.05) is 24.4 Å². The molecule has 1 unspecified atom stereocenters. The van der Waals surface area contributed by atoms with E-state index in [1.807, 2.05) is 18.8 Å². The van der Waals surface area contributed by atoms with Gasteiger partial charge in [0.15, 0.2) is 0 Å². The zero-order valence-corrected chi connectivity index (χ0v) is 8.59. The van der Waals surface area contributed by atoms with Crippen molar-refractivity contribution in [2.75, 3.05) is 25.1 Å². The standard InChI is InChI=1S/C9H15NO2S/c1-10(5-2-3-9(11)12)8-4-6-13-7-8/h2-3,8H,4-7H2,1H3,(H,11,12)/b3-2+. The van der Waals surface area contributed by atoms with E-state index >= 15 is 0 Å². The van der Waals surface area contributed by atoms with E-state index in [9.17, 15) is 4.79 Å². The fraction of sp³-hybridized carbons (Fsp3) is 0.667. The highest BCUT2D eigenvalue weighted by Gasteiger charge is 2.18. The van der Waals surface area contributed by atoms with E-state index in [1.54, 1.807) is 6.08 Å². The second-order valence-electron chi connectivity index (χ2n) is 3.20. The molecular formula is C9H15NO2S. The van der Waals surface area contributed by atoms with Gasteiger partial charge in [0.05, 0.1) is 0 Å². The van der Waals surface area contributed by atoms with Gasteiger partial charge in [-0.1, -0.05) is 6.08 Å². The highest BCUT2D eigenvalue weighted by Crippen LogP contribution is 2.20. The number of carboxylic acids is 1. The minimum absolute atomic E-state index is 0.628. The van der Waals surface area contributed by atoms with Crippen molar-refractivity contribution < 1.29 is 9.90 Å². The molecule has 0 aliphatic carbocycles. The van der Waals surface area contributed by atoms with Crippen LogP contribution in [0.1, 0.15) is 6.42 Å². The first-order valence-electron chi connectivity index (χ1n) is 4.37. The van der Waals surface area contributed by atoms with Gasteiger partial charge in [0.2, 0.25) is 0 Å². The quantitative estimate of drug-likeness (QED) is 0.691. The molecule has 1 aliphatic rings. The van der Waals surface area contributed by atoms with E-state index in [-0.39, 0.29) is 0 Å². The van der Waals surface area contributed by atoms with Crippen molar-refractivity contribution in [3.63, 3.8) is 0 Å². The van der Waals surface area contributed by atoms with Crippen LogP contribution in [0.4, 0.5) is 0 Å². The van der Waals surface area contributed by atoms with Crippen molar-refractivity contribution in [2.45, 2.75) is 12.5 Å². The number of carbonyl (C=O) groups is 1. The largest absolute Gasteiger partial charge is 0.478 e. The van der Waals surface area contributed by atoms with Crippen molar-refractivity contribution in [1.82, 2.24) is 4.90 Å². The van der Waals surface area contributed by atoms with Crippen LogP contribution < -0.4 is 0 Å². The molecule has 0 aromatic heterocycles. The zero-order valence-electron chi connectivity index (χ0n) is 7.77. The summed E-state index contributed by atoms with van der Waals surface area (Å²) in [7, 11) is 2.04. The Hall–Kier alpha value is -0.480. The first-order valence-corrected chi connectivity index (χ1v) is 5.53. The van der Waals surface area contributed by atoms with E-state index in [0.717, 1.165) is 6.54 Å². The van der Waals surface area contributed by atoms with Gasteiger partial charge >= 0.3 is 5.97 Å². The number of likely N-dealkylation sites (N-methyl/N-ethyl adjacent to an activating group) is 1. The van der Waals surface area contributed by atoms with E-state index in [0.29, 0.717) is 6.04 Å². The molecule has 13 heavy (non-hydrogen) atoms. The van der Waals surface area contributed by atoms with E-state index in [4.69, 9.17) is 5.11 Å². The third kappa shape index (κ3) is 3.83. The van der Waals surface area contributed by atoms with Crippen molar-refractivity contribution in [3.8, 4) is 0 Å². The van der Waals surface area contributed by atoms with Crippen LogP contribution in [0.3, 0.4) is 0 Å². The van der Waals surface area contributed by atoms with Crippen LogP contribution in [-0.4, -0.2) is 47.1 Å². The summed E-state index contributed by atoms with van der Waals surface area (Å²) in [5, 5.41) is 8.38. The molecule has 1 saturated heterocycles. The summed E-state index contributed by atoms with van der Waals surface area (Å²) >= 11 is 1.97. The van der Waals surface area contributed by atoms with Crippen LogP contribution in [0, 0.1) is 0 Å². The molecule has 0 saturated carbocycles. The Bertz CT molecular complexity index is 200. The van der Waals surface area contributed by atoms with Crippen LogP contribution in [0.2, 0.25) is 0 Å². The molecule has 74 valence electrons. The van der Waals surface area contributed by atoms with Crippen LogP contribution in [0.15, 0.2) is 12.2 Å². The van der Waals surface area contributed by atoms with Crippen LogP contribution in [-0.2, 0) is 4.79 Å². The third-order valence-corrected chi connectivity index (χ3v) is 3.33. The average Bonchev–Trinajstić information content (AvgIpc) is 2.55. The molecule has 0 radical (unpaired) electrons. The second-order valence-corrected chi connectivity index (χ2v) is 4.35. The molecule has 1 atom stereocenters. The highest BCUT2D eigenvalue weighted by atomic mass is 32.2. The summed E-state index contributed by atoms with van der Waals surface area (Å²) in [5.74, 6) is 1.55. The van der Waals surface area contributed by atoms with Crippen molar-refractivity contribution in [3.05, 3.63) is 12.2 Å². The van der Waals surface area contributed by atoms with Crippen molar-refractivity contribution in [1.29, 1.82) is 0 Å². The number of hydrogen-bond donors (Lipinski definition) is 1. The van der Waals surface area contributed by atoms with Gasteiger partial charge in [-0.25, -0.2) is 4.79 Å². The molecule has 3 nitrogen and oxygen atoms in total. The lowest BCUT2D eigenvalue weighted by Crippen LogP contribution is -2.31. The molecule has 4 heteroatoms. The molecule has 1 fully saturated rings. The lowest BCUT2D eigenvalue weighted by atomic mass is 10.2. The first-order chi connectivity index (χ1) is 6.20. The molecule has 1 aliphatic heterocycles. The predicted molar refractivity (Wildman–Crippen MR) is 55.1 cm³/mol. The summed E-state index contributed by atoms with van der Waals surface area (Å²) < 4.78 is 0. The minimum Gasteiger partial charge on any atom is -0.478 e. The van der Waals surface area contributed by atoms with Gasteiger partial charge < -0.3 is 5.11 Å². The van der Waals surface area contributed by atoms with Crippen molar-refractivity contribution in [2.24, 2.45) is 0 Å². The van der Waals surface area contributed by atoms with E-state index in [1.165, 1.54) is 24.0 Å². The number of rotatable bonds is 4. The fourth-order valence-corrected chi connectivity index (χ4v) is 2.64. The maximum Gasteiger partial charge on any atom is 0.328 e. The maximum absolute atomic E-state index is 10.2. The predicted octanol–water partition coefficient (Wildman–Crippen LogP) is 1.06. The Labute approximate surface area is 82.8 Å². The number of carboxylic acid groups (broad SMARTS) is 1. The Morgan fingerprint density at radius 2 is 2.54 bits per heavy atom. The summed E-state index contributed by atoms with van der Waals surface area (Å²) in [6.07, 6.45) is 4.13. The van der Waals surface area contributed by atoms with Gasteiger partial charge in [-0.05, 0) is 19.2 Å². The van der Waals surface area contributed by atoms with Gasteiger partial charge in [-0.15, -0.1) is 0 Å². The molecule has 0 aromatic carbocycles. The minimum atomic E-state index is -0.866. The molecule has 1 heterocycles. The highest BCUT2D eigenvalue weighted by molar-refractivity contribution is 7.99. The normalized spacial score (nSPS) is 23.1. The molecule has 1 rings (SSSR count). The number of thioether (sulfide) groups is 1. The topological polar surface area (TPSA) is 40.5 Å². The van der Waals surface area contributed by atoms with Crippen LogP contribution in [0.5, 0.6) is 0 Å². The second kappa shape index (κ2) is 5.29. The third-order valence-electron chi connectivity index (χ3n) is 2.18. The lowest BCUT2D eigenvalue weighted by Gasteiger charge is -2.21. The number of aliphatic carboxylic acids is 1. The van der Waals surface area contributed by atoms with Gasteiger partial charge in [0.1, 0.15) is 0 Å². The van der Waals surface area contributed by atoms with Crippen LogP contribution >= 0.6 is 11.8 Å². The Morgan fingerprint density at radius 1 is 1.77 bits per heavy atom. The fourth-order valence-electron chi connectivity index (χ4n) is 1.34. The SMILES string of the molecule is CN(C/C=C/C(=O)O)C1CCSC1. The number of hydrogen-bond acceptors (Lipinski definition) is 3. The maximum atomic E-state index is 10.2. The Kier molecular flexibility index (Phi) is 4.32. The van der Waals surface area contributed by atoms with Crippen molar-refractivity contribution >= 4 is 17.7 Å². The molecule has 1 N–H and O–H groups in total. The van der Waals surface area contributed by atoms with Gasteiger partial charge in [0.25, 0.3) is 0 Å². The zero-order chi connectivity index (χ0) is 9.68. The first kappa shape index (κ1) is 10.6. The molecule has 0 amide bonds. The molecule has 0 spiro atoms. The van der Waals surface area contributed by atoms with Crippen LogP contribution in [0.25, 0.3) is 0 Å². The number of nitrogens with zero attached hydrogens (tertiary/aromatic N) is 1. The Balaban J connectivity index is 2.23.